The van der Waals surface area contributed by atoms with Crippen LogP contribution in [-0.2, 0) is 9.47 Å². The molecule has 6 heteroatoms. The lowest BCUT2D eigenvalue weighted by molar-refractivity contribution is 0.0513. The highest BCUT2D eigenvalue weighted by Crippen LogP contribution is 2.28. The fourth-order valence-corrected chi connectivity index (χ4v) is 1.92. The van der Waals surface area contributed by atoms with E-state index in [9.17, 15) is 9.59 Å². The lowest BCUT2D eigenvalue weighted by atomic mass is 10.1. The van der Waals surface area contributed by atoms with Crippen molar-refractivity contribution in [2.45, 2.75) is 13.8 Å². The molecule has 0 aromatic heterocycles. The average Bonchev–Trinajstić information content (AvgIpc) is 2.46. The number of ether oxygens (including phenoxy) is 2. The Hall–Kier alpha value is -2.24. The normalized spacial score (nSPS) is 9.95. The lowest BCUT2D eigenvalue weighted by Gasteiger charge is -2.20. The minimum absolute atomic E-state index is 0.291. The highest BCUT2D eigenvalue weighted by Gasteiger charge is 2.21. The van der Waals surface area contributed by atoms with Crippen molar-refractivity contribution in [1.29, 1.82) is 0 Å². The first-order valence-electron chi connectivity index (χ1n) is 6.83. The second-order valence-corrected chi connectivity index (χ2v) is 4.50. The van der Waals surface area contributed by atoms with E-state index >= 15 is 0 Å². The first kappa shape index (κ1) is 16.8. The Bertz CT molecular complexity index is 527. The quantitative estimate of drug-likeness (QED) is 0.811. The fourth-order valence-electron chi connectivity index (χ4n) is 1.92. The van der Waals surface area contributed by atoms with Crippen molar-refractivity contribution in [1.82, 2.24) is 0 Å². The SMILES string of the molecule is CCOC(=O)c1cc(N(C)C)c(C(=O)OCC)cc1NC. The number of carbonyl (C=O) groups is 2. The van der Waals surface area contributed by atoms with Crippen LogP contribution in [0.15, 0.2) is 12.1 Å². The van der Waals surface area contributed by atoms with Crippen LogP contribution < -0.4 is 10.2 Å². The zero-order valence-electron chi connectivity index (χ0n) is 13.1. The number of rotatable bonds is 6. The predicted octanol–water partition coefficient (Wildman–Crippen LogP) is 2.15. The third-order valence-corrected chi connectivity index (χ3v) is 2.88. The number of hydrogen-bond donors (Lipinski definition) is 1. The van der Waals surface area contributed by atoms with E-state index in [0.29, 0.717) is 35.7 Å². The topological polar surface area (TPSA) is 67.9 Å². The van der Waals surface area contributed by atoms with Crippen LogP contribution in [0.2, 0.25) is 0 Å². The first-order chi connectivity index (χ1) is 9.96. The van der Waals surface area contributed by atoms with Crippen LogP contribution in [-0.4, -0.2) is 46.3 Å². The number of hydrogen-bond acceptors (Lipinski definition) is 6. The molecule has 0 unspecified atom stereocenters. The van der Waals surface area contributed by atoms with Gasteiger partial charge in [-0.05, 0) is 26.0 Å². The Morgan fingerprint density at radius 2 is 1.57 bits per heavy atom. The zero-order chi connectivity index (χ0) is 16.0. The molecule has 0 aliphatic heterocycles. The van der Waals surface area contributed by atoms with Gasteiger partial charge in [0.05, 0.1) is 30.0 Å². The minimum Gasteiger partial charge on any atom is -0.462 e. The molecule has 0 saturated heterocycles. The van der Waals surface area contributed by atoms with Crippen molar-refractivity contribution in [3.05, 3.63) is 23.3 Å². The van der Waals surface area contributed by atoms with E-state index in [1.165, 1.54) is 0 Å². The molecule has 0 aliphatic carbocycles. The van der Waals surface area contributed by atoms with E-state index in [4.69, 9.17) is 9.47 Å². The molecule has 0 aliphatic rings. The van der Waals surface area contributed by atoms with Crippen LogP contribution in [0.3, 0.4) is 0 Å². The molecule has 0 fully saturated rings. The second-order valence-electron chi connectivity index (χ2n) is 4.50. The van der Waals surface area contributed by atoms with Crippen molar-refractivity contribution in [3.63, 3.8) is 0 Å². The molecule has 0 saturated carbocycles. The van der Waals surface area contributed by atoms with E-state index in [1.807, 2.05) is 0 Å². The minimum atomic E-state index is -0.430. The van der Waals surface area contributed by atoms with Crippen LogP contribution in [0.4, 0.5) is 11.4 Å². The molecule has 1 rings (SSSR count). The van der Waals surface area contributed by atoms with E-state index < -0.39 is 11.9 Å². The third-order valence-electron chi connectivity index (χ3n) is 2.88. The number of nitrogens with zero attached hydrogens (tertiary/aromatic N) is 1. The van der Waals surface area contributed by atoms with Crippen molar-refractivity contribution in [3.8, 4) is 0 Å². The second kappa shape index (κ2) is 7.52. The summed E-state index contributed by atoms with van der Waals surface area (Å²) in [6.07, 6.45) is 0. The van der Waals surface area contributed by atoms with Crippen molar-refractivity contribution in [2.75, 3.05) is 44.6 Å². The van der Waals surface area contributed by atoms with Crippen LogP contribution in [0.1, 0.15) is 34.6 Å². The van der Waals surface area contributed by atoms with Crippen LogP contribution >= 0.6 is 0 Å². The summed E-state index contributed by atoms with van der Waals surface area (Å²) >= 11 is 0. The molecular weight excluding hydrogens is 272 g/mol. The van der Waals surface area contributed by atoms with Gasteiger partial charge in [0.25, 0.3) is 0 Å². The van der Waals surface area contributed by atoms with Crippen molar-refractivity contribution in [2.24, 2.45) is 0 Å². The summed E-state index contributed by atoms with van der Waals surface area (Å²) < 4.78 is 10.1. The molecule has 1 aromatic carbocycles. The number of carbonyl (C=O) groups excluding carboxylic acids is 2. The molecule has 21 heavy (non-hydrogen) atoms. The largest absolute Gasteiger partial charge is 0.462 e. The van der Waals surface area contributed by atoms with Gasteiger partial charge in [-0.3, -0.25) is 0 Å². The molecule has 0 heterocycles. The molecule has 1 aromatic rings. The Morgan fingerprint density at radius 1 is 1.05 bits per heavy atom. The predicted molar refractivity (Wildman–Crippen MR) is 82.2 cm³/mol. The number of esters is 2. The molecule has 6 nitrogen and oxygen atoms in total. The van der Waals surface area contributed by atoms with Gasteiger partial charge in [0.2, 0.25) is 0 Å². The van der Waals surface area contributed by atoms with Gasteiger partial charge in [0.1, 0.15) is 0 Å². The van der Waals surface area contributed by atoms with Crippen LogP contribution in [0.25, 0.3) is 0 Å². The van der Waals surface area contributed by atoms with E-state index in [0.717, 1.165) is 0 Å². The Labute approximate surface area is 125 Å². The van der Waals surface area contributed by atoms with Gasteiger partial charge in [0, 0.05) is 26.8 Å². The summed E-state index contributed by atoms with van der Waals surface area (Å²) in [7, 11) is 5.28. The summed E-state index contributed by atoms with van der Waals surface area (Å²) in [5.74, 6) is -0.853. The van der Waals surface area contributed by atoms with Gasteiger partial charge >= 0.3 is 11.9 Å². The average molecular weight is 294 g/mol. The fraction of sp³-hybridized carbons (Fsp3) is 0.467. The molecule has 0 bridgehead atoms. The van der Waals surface area contributed by atoms with E-state index in [-0.39, 0.29) is 0 Å². The summed E-state index contributed by atoms with van der Waals surface area (Å²) in [5.41, 5.74) is 1.92. The smallest absolute Gasteiger partial charge is 0.340 e. The molecule has 0 atom stereocenters. The van der Waals surface area contributed by atoms with Gasteiger partial charge in [-0.25, -0.2) is 9.59 Å². The molecule has 0 radical (unpaired) electrons. The van der Waals surface area contributed by atoms with Crippen LogP contribution in [0.5, 0.6) is 0 Å². The van der Waals surface area contributed by atoms with E-state index in [1.54, 1.807) is 52.0 Å². The van der Waals surface area contributed by atoms with Crippen LogP contribution in [0, 0.1) is 0 Å². The van der Waals surface area contributed by atoms with Crippen molar-refractivity contribution >= 4 is 23.3 Å². The molecular formula is C15H22N2O4. The number of nitrogens with one attached hydrogen (secondary N) is 1. The molecule has 0 spiro atoms. The number of benzene rings is 1. The summed E-state index contributed by atoms with van der Waals surface area (Å²) in [4.78, 5) is 25.8. The summed E-state index contributed by atoms with van der Waals surface area (Å²) in [6.45, 7) is 4.08. The van der Waals surface area contributed by atoms with Gasteiger partial charge in [-0.2, -0.15) is 0 Å². The first-order valence-corrected chi connectivity index (χ1v) is 6.83. The number of anilines is 2. The standard InChI is InChI=1S/C15H22N2O4/c1-6-20-14(18)10-9-13(17(4)5)11(8-12(10)16-3)15(19)21-7-2/h8-9,16H,6-7H2,1-5H3. The lowest BCUT2D eigenvalue weighted by Crippen LogP contribution is -2.18. The maximum atomic E-state index is 12.1. The zero-order valence-corrected chi connectivity index (χ0v) is 13.1. The Morgan fingerprint density at radius 3 is 2.00 bits per heavy atom. The third kappa shape index (κ3) is 3.87. The highest BCUT2D eigenvalue weighted by molar-refractivity contribution is 6.03. The molecule has 1 N–H and O–H groups in total. The monoisotopic (exact) mass is 294 g/mol. The Kier molecular flexibility index (Phi) is 6.02. The summed E-state index contributed by atoms with van der Waals surface area (Å²) in [5, 5.41) is 2.91. The van der Waals surface area contributed by atoms with E-state index in [2.05, 4.69) is 5.32 Å². The van der Waals surface area contributed by atoms with Crippen molar-refractivity contribution < 1.29 is 19.1 Å². The summed E-state index contributed by atoms with van der Waals surface area (Å²) in [6, 6.07) is 3.25. The maximum absolute atomic E-state index is 12.1. The molecule has 0 amide bonds. The molecule has 116 valence electrons. The Balaban J connectivity index is 3.40. The highest BCUT2D eigenvalue weighted by atomic mass is 16.5. The van der Waals surface area contributed by atoms with Gasteiger partial charge in [-0.1, -0.05) is 0 Å². The van der Waals surface area contributed by atoms with Gasteiger partial charge < -0.3 is 19.7 Å². The maximum Gasteiger partial charge on any atom is 0.340 e. The van der Waals surface area contributed by atoms with Gasteiger partial charge in [-0.15, -0.1) is 0 Å². The van der Waals surface area contributed by atoms with Gasteiger partial charge in [0.15, 0.2) is 0 Å².